The average molecular weight is 667 g/mol. The molecule has 0 heterocycles. The van der Waals surface area contributed by atoms with E-state index in [9.17, 15) is 31.1 Å². The van der Waals surface area contributed by atoms with Crippen molar-refractivity contribution in [1.29, 1.82) is 0 Å². The minimum atomic E-state index is -5.03. The van der Waals surface area contributed by atoms with Crippen molar-refractivity contribution in [1.82, 2.24) is 5.32 Å². The van der Waals surface area contributed by atoms with Crippen LogP contribution < -0.4 is 39.9 Å². The molecule has 0 saturated heterocycles. The van der Waals surface area contributed by atoms with Crippen LogP contribution in [-0.4, -0.2) is 24.3 Å². The van der Waals surface area contributed by atoms with Crippen molar-refractivity contribution in [2.24, 2.45) is 5.92 Å². The number of rotatable bonds is 8. The number of hydrogen-bond acceptors (Lipinski definition) is 1. The molecule has 0 spiro atoms. The quantitative estimate of drug-likeness (QED) is 0.218. The maximum absolute atomic E-state index is 13.3. The summed E-state index contributed by atoms with van der Waals surface area (Å²) in [5.41, 5.74) is -3.71. The predicted octanol–water partition coefficient (Wildman–Crippen LogP) is 4.17. The SMILES string of the molecule is CC[P+](C[C@@H](NC(=O)c1cc(C(F)(F)F)cc(C(F)(F)F)c1)C(C)C)(c1ccccc1)c1ccccc1.[I-]. The van der Waals surface area contributed by atoms with Crippen LogP contribution in [0.5, 0.6) is 0 Å². The molecule has 206 valence electrons. The van der Waals surface area contributed by atoms with Crippen LogP contribution in [0.4, 0.5) is 26.3 Å². The molecule has 0 aliphatic rings. The van der Waals surface area contributed by atoms with Crippen LogP contribution >= 0.6 is 7.26 Å². The molecular weight excluding hydrogens is 638 g/mol. The molecule has 0 bridgehead atoms. The molecule has 0 aromatic heterocycles. The first-order valence-corrected chi connectivity index (χ1v) is 14.0. The molecule has 3 aromatic carbocycles. The highest BCUT2D eigenvalue weighted by Crippen LogP contribution is 2.57. The summed E-state index contributed by atoms with van der Waals surface area (Å²) in [6.07, 6.45) is -8.79. The fourth-order valence-corrected chi connectivity index (χ4v) is 8.76. The maximum Gasteiger partial charge on any atom is 0.416 e. The molecule has 1 amide bonds. The third-order valence-corrected chi connectivity index (χ3v) is 11.2. The lowest BCUT2D eigenvalue weighted by molar-refractivity contribution is -0.143. The van der Waals surface area contributed by atoms with E-state index >= 15 is 0 Å². The van der Waals surface area contributed by atoms with Crippen LogP contribution in [0.2, 0.25) is 0 Å². The minimum Gasteiger partial charge on any atom is -1.00 e. The van der Waals surface area contributed by atoms with Gasteiger partial charge in [0.25, 0.3) is 5.91 Å². The van der Waals surface area contributed by atoms with Crippen LogP contribution in [0.25, 0.3) is 0 Å². The molecule has 0 fully saturated rings. The zero-order valence-electron chi connectivity index (χ0n) is 21.1. The number of halogens is 7. The first kappa shape index (κ1) is 32.1. The average Bonchev–Trinajstić information content (AvgIpc) is 2.86. The summed E-state index contributed by atoms with van der Waals surface area (Å²) in [5, 5.41) is 5.00. The smallest absolute Gasteiger partial charge is 0.416 e. The fraction of sp³-hybridized carbons (Fsp3) is 0.321. The molecule has 0 unspecified atom stereocenters. The van der Waals surface area contributed by atoms with Crippen molar-refractivity contribution < 1.29 is 55.1 Å². The Balaban J connectivity index is 0.00000507. The highest BCUT2D eigenvalue weighted by atomic mass is 127. The Labute approximate surface area is 236 Å². The van der Waals surface area contributed by atoms with Gasteiger partial charge in [-0.05, 0) is 55.3 Å². The van der Waals surface area contributed by atoms with E-state index in [2.05, 4.69) is 12.2 Å². The Hall–Kier alpha value is -2.13. The van der Waals surface area contributed by atoms with E-state index < -0.39 is 48.3 Å². The van der Waals surface area contributed by atoms with Crippen LogP contribution in [0.1, 0.15) is 42.3 Å². The molecule has 10 heteroatoms. The lowest BCUT2D eigenvalue weighted by atomic mass is 10.0. The van der Waals surface area contributed by atoms with Crippen molar-refractivity contribution in [3.8, 4) is 0 Å². The molecule has 1 N–H and O–H groups in total. The van der Waals surface area contributed by atoms with E-state index in [1.54, 1.807) is 0 Å². The number of hydrogen-bond donors (Lipinski definition) is 1. The van der Waals surface area contributed by atoms with E-state index in [-0.39, 0.29) is 36.0 Å². The molecule has 2 nitrogen and oxygen atoms in total. The minimum absolute atomic E-state index is 0. The number of carbonyl (C=O) groups is 1. The van der Waals surface area contributed by atoms with Crippen molar-refractivity contribution in [2.45, 2.75) is 39.2 Å². The Bertz CT molecular complexity index is 1130. The monoisotopic (exact) mass is 667 g/mol. The first-order chi connectivity index (χ1) is 17.3. The van der Waals surface area contributed by atoms with E-state index in [4.69, 9.17) is 0 Å². The number of nitrogens with one attached hydrogen (secondary N) is 1. The van der Waals surface area contributed by atoms with E-state index in [1.165, 1.54) is 0 Å². The third-order valence-electron chi connectivity index (χ3n) is 6.52. The summed E-state index contributed by atoms with van der Waals surface area (Å²) in [5.74, 6) is -1.10. The molecule has 0 aliphatic carbocycles. The summed E-state index contributed by atoms with van der Waals surface area (Å²) < 4.78 is 80.0. The van der Waals surface area contributed by atoms with Gasteiger partial charge in [-0.25, -0.2) is 0 Å². The molecule has 0 aliphatic heterocycles. The Morgan fingerprint density at radius 3 is 1.55 bits per heavy atom. The second-order valence-corrected chi connectivity index (χ2v) is 13.2. The molecule has 3 rings (SSSR count). The van der Waals surface area contributed by atoms with Gasteiger partial charge in [-0.1, -0.05) is 50.2 Å². The lowest BCUT2D eigenvalue weighted by Crippen LogP contribution is -3.00. The van der Waals surface area contributed by atoms with Crippen molar-refractivity contribution in [2.75, 3.05) is 12.3 Å². The topological polar surface area (TPSA) is 29.1 Å². The molecule has 1 atom stereocenters. The Kier molecular flexibility index (Phi) is 10.8. The number of alkyl halides is 6. The van der Waals surface area contributed by atoms with Gasteiger partial charge in [0.05, 0.1) is 47.4 Å². The molecule has 0 radical (unpaired) electrons. The molecular formula is C28H29F6INOP. The zero-order chi connectivity index (χ0) is 27.4. The van der Waals surface area contributed by atoms with Crippen LogP contribution in [0.15, 0.2) is 78.9 Å². The highest BCUT2D eigenvalue weighted by Gasteiger charge is 2.44. The van der Waals surface area contributed by atoms with Crippen molar-refractivity contribution >= 4 is 23.8 Å². The number of amides is 1. The fourth-order valence-electron chi connectivity index (χ4n) is 4.38. The van der Waals surface area contributed by atoms with Crippen LogP contribution in [0.3, 0.4) is 0 Å². The summed E-state index contributed by atoms with van der Waals surface area (Å²) in [7, 11) is -2.09. The summed E-state index contributed by atoms with van der Waals surface area (Å²) in [4.78, 5) is 13.1. The summed E-state index contributed by atoms with van der Waals surface area (Å²) >= 11 is 0. The largest absolute Gasteiger partial charge is 1.00 e. The number of benzene rings is 3. The normalized spacial score (nSPS) is 13.1. The van der Waals surface area contributed by atoms with Gasteiger partial charge in [0.1, 0.15) is 0 Å². The molecule has 3 aromatic rings. The van der Waals surface area contributed by atoms with Gasteiger partial charge >= 0.3 is 12.4 Å². The van der Waals surface area contributed by atoms with Crippen LogP contribution in [-0.2, 0) is 12.4 Å². The summed E-state index contributed by atoms with van der Waals surface area (Å²) in [6, 6.07) is 20.2. The Morgan fingerprint density at radius 2 is 1.21 bits per heavy atom. The van der Waals surface area contributed by atoms with Gasteiger partial charge in [0, 0.05) is 5.56 Å². The van der Waals surface area contributed by atoms with E-state index in [1.807, 2.05) is 74.5 Å². The standard InChI is InChI=1S/C28H28F6NOP.HI/c1-4-37(23-11-7-5-8-12-23,24-13-9-6-10-14-24)18-25(19(2)3)35-26(36)20-15-21(27(29,30)31)17-22(16-20)28(32,33)34;/h5-17,19,25H,4,18H2,1-3H3;1H/t25-;/m1./s1. The van der Waals surface area contributed by atoms with Gasteiger partial charge in [-0.2, -0.15) is 26.3 Å². The second-order valence-electron chi connectivity index (χ2n) is 9.26. The van der Waals surface area contributed by atoms with Gasteiger partial charge in [0.2, 0.25) is 0 Å². The summed E-state index contributed by atoms with van der Waals surface area (Å²) in [6.45, 7) is 5.81. The lowest BCUT2D eigenvalue weighted by Gasteiger charge is -2.32. The van der Waals surface area contributed by atoms with E-state index in [0.29, 0.717) is 18.3 Å². The second kappa shape index (κ2) is 12.8. The Morgan fingerprint density at radius 1 is 0.789 bits per heavy atom. The van der Waals surface area contributed by atoms with Crippen LogP contribution in [0, 0.1) is 5.92 Å². The maximum atomic E-state index is 13.3. The predicted molar refractivity (Wildman–Crippen MR) is 137 cm³/mol. The number of carbonyl (C=O) groups excluding carboxylic acids is 1. The van der Waals surface area contributed by atoms with Gasteiger partial charge in [-0.3, -0.25) is 4.79 Å². The van der Waals surface area contributed by atoms with Gasteiger partial charge < -0.3 is 29.3 Å². The van der Waals surface area contributed by atoms with Crippen molar-refractivity contribution in [3.05, 3.63) is 95.6 Å². The molecule has 0 saturated carbocycles. The third kappa shape index (κ3) is 7.50. The zero-order valence-corrected chi connectivity index (χ0v) is 24.1. The van der Waals surface area contributed by atoms with Gasteiger partial charge in [-0.15, -0.1) is 0 Å². The first-order valence-electron chi connectivity index (χ1n) is 11.9. The molecule has 38 heavy (non-hydrogen) atoms. The van der Waals surface area contributed by atoms with Crippen molar-refractivity contribution in [3.63, 3.8) is 0 Å². The van der Waals surface area contributed by atoms with E-state index in [0.717, 1.165) is 16.8 Å². The highest BCUT2D eigenvalue weighted by molar-refractivity contribution is 7.89. The van der Waals surface area contributed by atoms with Gasteiger partial charge in [0.15, 0.2) is 0 Å².